The van der Waals surface area contributed by atoms with E-state index in [-0.39, 0.29) is 20.1 Å². The van der Waals surface area contributed by atoms with Crippen LogP contribution in [0, 0.1) is 12.1 Å². The van der Waals surface area contributed by atoms with Gasteiger partial charge in [-0.1, -0.05) is 129 Å². The third kappa shape index (κ3) is 9.63. The second-order valence-electron chi connectivity index (χ2n) is 13.5. The first-order valence-electron chi connectivity index (χ1n) is 15.6. The average molecular weight is 811 g/mol. The molecule has 0 aliphatic heterocycles. The van der Waals surface area contributed by atoms with Crippen LogP contribution in [-0.4, -0.2) is 26.1 Å². The van der Waals surface area contributed by atoms with Gasteiger partial charge in [-0.25, -0.2) is 0 Å². The average Bonchev–Trinajstić information content (AvgIpc) is 3.06. The van der Waals surface area contributed by atoms with Crippen LogP contribution in [0.2, 0.25) is 39.3 Å². The van der Waals surface area contributed by atoms with Gasteiger partial charge < -0.3 is 9.97 Å². The Labute approximate surface area is 291 Å². The van der Waals surface area contributed by atoms with E-state index in [1.807, 2.05) is 24.5 Å². The number of pyridine rings is 2. The third-order valence-electron chi connectivity index (χ3n) is 7.84. The van der Waals surface area contributed by atoms with Crippen molar-refractivity contribution in [3.8, 4) is 33.6 Å². The molecule has 0 bridgehead atoms. The third-order valence-corrected chi connectivity index (χ3v) is 11.9. The van der Waals surface area contributed by atoms with Gasteiger partial charge in [0.05, 0.1) is 16.1 Å². The minimum absolute atomic E-state index is 0. The molecule has 5 heteroatoms. The second kappa shape index (κ2) is 15.7. The summed E-state index contributed by atoms with van der Waals surface area (Å²) in [6.45, 7) is 14.1. The summed E-state index contributed by atoms with van der Waals surface area (Å²) in [6.07, 6.45) is 4.90. The molecule has 4 aromatic carbocycles. The van der Waals surface area contributed by atoms with Crippen LogP contribution in [0.15, 0.2) is 134 Å². The van der Waals surface area contributed by atoms with Crippen molar-refractivity contribution >= 4 is 26.5 Å². The van der Waals surface area contributed by atoms with Gasteiger partial charge in [0.25, 0.3) is 0 Å². The van der Waals surface area contributed by atoms with Crippen molar-refractivity contribution in [1.29, 1.82) is 0 Å². The number of rotatable bonds is 7. The van der Waals surface area contributed by atoms with Gasteiger partial charge in [-0.2, -0.15) is 0 Å². The summed E-state index contributed by atoms with van der Waals surface area (Å²) in [5.74, 6) is 0. The first-order valence-corrected chi connectivity index (χ1v) is 22.6. The van der Waals surface area contributed by atoms with Crippen LogP contribution in [0.3, 0.4) is 0 Å². The normalized spacial score (nSPS) is 11.2. The summed E-state index contributed by atoms with van der Waals surface area (Å²) < 4.78 is 0. The van der Waals surface area contributed by atoms with Crippen LogP contribution >= 0.6 is 0 Å². The van der Waals surface area contributed by atoms with Gasteiger partial charge in [0.2, 0.25) is 0 Å². The van der Waals surface area contributed by atoms with E-state index in [4.69, 9.17) is 0 Å². The number of nitrogens with zero attached hydrogens (tertiary/aromatic N) is 2. The van der Waals surface area contributed by atoms with Crippen LogP contribution in [0.1, 0.15) is 11.1 Å². The molecule has 235 valence electrons. The van der Waals surface area contributed by atoms with E-state index in [9.17, 15) is 0 Å². The molecule has 0 unspecified atom stereocenters. The number of benzene rings is 4. The number of hydrogen-bond acceptors (Lipinski definition) is 2. The number of aromatic nitrogens is 2. The molecule has 0 fully saturated rings. The molecule has 0 aliphatic carbocycles. The molecule has 46 heavy (non-hydrogen) atoms. The zero-order chi connectivity index (χ0) is 31.9. The van der Waals surface area contributed by atoms with E-state index in [0.29, 0.717) is 0 Å². The molecule has 0 atom stereocenters. The van der Waals surface area contributed by atoms with Crippen LogP contribution in [-0.2, 0) is 26.5 Å². The molecule has 0 spiro atoms. The van der Waals surface area contributed by atoms with E-state index in [1.165, 1.54) is 32.6 Å². The zero-order valence-corrected chi connectivity index (χ0v) is 32.0. The summed E-state index contributed by atoms with van der Waals surface area (Å²) in [6, 6.07) is 49.0. The van der Waals surface area contributed by atoms with Crippen molar-refractivity contribution in [3.63, 3.8) is 0 Å². The molecule has 0 saturated heterocycles. The smallest absolute Gasteiger partial charge is 0.0795 e. The van der Waals surface area contributed by atoms with Crippen LogP contribution in [0.4, 0.5) is 0 Å². The van der Waals surface area contributed by atoms with Crippen LogP contribution < -0.4 is 10.4 Å². The van der Waals surface area contributed by atoms with Gasteiger partial charge in [-0.05, 0) is 34.6 Å². The van der Waals surface area contributed by atoms with Gasteiger partial charge in [-0.15, -0.1) is 70.8 Å². The Hall–Kier alpha value is -3.74. The van der Waals surface area contributed by atoms with E-state index in [1.54, 1.807) is 0 Å². The fourth-order valence-electron chi connectivity index (χ4n) is 5.02. The van der Waals surface area contributed by atoms with Gasteiger partial charge in [0.1, 0.15) is 0 Å². The SMILES string of the molecule is C[Si](C)(C)c1ccc(-c2[c-]ccc(-c3ccccc3)c2)nc1.C[Si](C)(C)c1ccnc(-c2[c-]cc(Cc3ccccc3)cc2)c1.[Ir]. The van der Waals surface area contributed by atoms with Crippen molar-refractivity contribution in [2.75, 3.05) is 0 Å². The van der Waals surface area contributed by atoms with E-state index in [0.717, 1.165) is 28.9 Å². The van der Waals surface area contributed by atoms with Crippen LogP contribution in [0.25, 0.3) is 33.6 Å². The van der Waals surface area contributed by atoms with E-state index < -0.39 is 16.1 Å². The number of hydrogen-bond donors (Lipinski definition) is 0. The summed E-state index contributed by atoms with van der Waals surface area (Å²) in [5.41, 5.74) is 9.15. The molecule has 0 saturated carbocycles. The Balaban J connectivity index is 0.000000205. The largest absolute Gasteiger partial charge is 0.305 e. The van der Waals surface area contributed by atoms with Gasteiger partial charge in [0, 0.05) is 32.5 Å². The predicted octanol–water partition coefficient (Wildman–Crippen LogP) is 9.44. The fraction of sp³-hybridized carbons (Fsp3) is 0.171. The molecule has 6 aromatic rings. The Morgan fingerprint density at radius 3 is 1.85 bits per heavy atom. The first-order chi connectivity index (χ1) is 21.6. The van der Waals surface area contributed by atoms with Crippen molar-refractivity contribution in [1.82, 2.24) is 9.97 Å². The minimum Gasteiger partial charge on any atom is -0.305 e. The van der Waals surface area contributed by atoms with Gasteiger partial charge in [-0.3, -0.25) is 0 Å². The van der Waals surface area contributed by atoms with Crippen molar-refractivity contribution in [3.05, 3.63) is 157 Å². The van der Waals surface area contributed by atoms with Crippen molar-refractivity contribution in [2.24, 2.45) is 0 Å². The topological polar surface area (TPSA) is 25.8 Å². The molecule has 1 radical (unpaired) electrons. The molecule has 0 amide bonds. The molecule has 2 nitrogen and oxygen atoms in total. The second-order valence-corrected chi connectivity index (χ2v) is 23.6. The maximum atomic E-state index is 4.65. The zero-order valence-electron chi connectivity index (χ0n) is 27.6. The first kappa shape index (κ1) is 35.1. The van der Waals surface area contributed by atoms with Crippen molar-refractivity contribution in [2.45, 2.75) is 45.7 Å². The fourth-order valence-corrected chi connectivity index (χ4v) is 7.20. The molecule has 2 aromatic heterocycles. The monoisotopic (exact) mass is 811 g/mol. The van der Waals surface area contributed by atoms with Crippen LogP contribution in [0.5, 0.6) is 0 Å². The Bertz CT molecular complexity index is 1810. The minimum atomic E-state index is -1.31. The summed E-state index contributed by atoms with van der Waals surface area (Å²) in [4.78, 5) is 9.18. The summed E-state index contributed by atoms with van der Waals surface area (Å²) in [7, 11) is -2.61. The Kier molecular flexibility index (Phi) is 12.0. The van der Waals surface area contributed by atoms with E-state index in [2.05, 4.69) is 171 Å². The van der Waals surface area contributed by atoms with Gasteiger partial charge in [0.15, 0.2) is 0 Å². The quantitative estimate of drug-likeness (QED) is 0.119. The molecular weight excluding hydrogens is 769 g/mol. The predicted molar refractivity (Wildman–Crippen MR) is 198 cm³/mol. The molecule has 0 aliphatic rings. The summed E-state index contributed by atoms with van der Waals surface area (Å²) in [5, 5.41) is 2.82. The Morgan fingerprint density at radius 2 is 1.24 bits per heavy atom. The van der Waals surface area contributed by atoms with Gasteiger partial charge >= 0.3 is 0 Å². The van der Waals surface area contributed by atoms with Crippen molar-refractivity contribution < 1.29 is 20.1 Å². The molecule has 2 heterocycles. The summed E-state index contributed by atoms with van der Waals surface area (Å²) >= 11 is 0. The molecular formula is C41H42IrN2Si2-2. The maximum absolute atomic E-state index is 4.65. The molecule has 6 rings (SSSR count). The Morgan fingerprint density at radius 1 is 0.543 bits per heavy atom. The standard InChI is InChI=1S/C21H22NSi.C20H20NSi.Ir/c1-23(2,3)20-13-14-22-21(16-20)19-11-9-18(10-12-19)15-17-7-5-4-6-8-17;1-22(2,3)19-12-13-20(21-15-19)18-11-7-10-17(14-18)16-8-5-4-6-9-16;/h4-11,13-14,16H,15H2,1-3H3;4-10,12-15H,1-3H3;/q2*-1;. The molecule has 0 N–H and O–H groups in total. The van der Waals surface area contributed by atoms with E-state index >= 15 is 0 Å². The maximum Gasteiger partial charge on any atom is 0.0795 e.